The standard InChI is InChI=1S/C12H12ClNO4/c1-6(2)5-7-10(12(15)16)18-11(14-7)8-3-4-9(13)17-8/h3-4,6H,5H2,1-2H3,(H,15,16). The van der Waals surface area contributed by atoms with Crippen molar-refractivity contribution in [3.63, 3.8) is 0 Å². The largest absolute Gasteiger partial charge is 0.475 e. The van der Waals surface area contributed by atoms with Crippen molar-refractivity contribution >= 4 is 17.6 Å². The number of carboxylic acids is 1. The minimum absolute atomic E-state index is 0.134. The fraction of sp³-hybridized carbons (Fsp3) is 0.333. The molecule has 0 aliphatic carbocycles. The van der Waals surface area contributed by atoms with E-state index in [1.807, 2.05) is 13.8 Å². The van der Waals surface area contributed by atoms with Gasteiger partial charge in [-0.15, -0.1) is 0 Å². The van der Waals surface area contributed by atoms with Crippen LogP contribution in [-0.4, -0.2) is 16.1 Å². The zero-order valence-corrected chi connectivity index (χ0v) is 10.7. The minimum atomic E-state index is -1.14. The first-order valence-electron chi connectivity index (χ1n) is 5.46. The van der Waals surface area contributed by atoms with Gasteiger partial charge in [0.1, 0.15) is 0 Å². The van der Waals surface area contributed by atoms with Gasteiger partial charge in [-0.05, 0) is 36.1 Å². The van der Waals surface area contributed by atoms with Crippen molar-refractivity contribution in [2.45, 2.75) is 20.3 Å². The van der Waals surface area contributed by atoms with E-state index in [0.717, 1.165) is 0 Å². The summed E-state index contributed by atoms with van der Waals surface area (Å²) in [6.07, 6.45) is 0.527. The molecule has 0 atom stereocenters. The van der Waals surface area contributed by atoms with Gasteiger partial charge in [-0.3, -0.25) is 0 Å². The van der Waals surface area contributed by atoms with Crippen LogP contribution in [0.3, 0.4) is 0 Å². The van der Waals surface area contributed by atoms with Gasteiger partial charge in [-0.1, -0.05) is 13.8 Å². The Kier molecular flexibility index (Phi) is 3.43. The third kappa shape index (κ3) is 2.56. The van der Waals surface area contributed by atoms with E-state index < -0.39 is 5.97 Å². The number of hydrogen-bond donors (Lipinski definition) is 1. The highest BCUT2D eigenvalue weighted by Gasteiger charge is 2.22. The molecule has 2 heterocycles. The number of halogens is 1. The van der Waals surface area contributed by atoms with E-state index in [2.05, 4.69) is 4.98 Å². The quantitative estimate of drug-likeness (QED) is 0.919. The number of hydrogen-bond acceptors (Lipinski definition) is 4. The molecule has 0 aromatic carbocycles. The van der Waals surface area contributed by atoms with Crippen molar-refractivity contribution in [3.05, 3.63) is 28.8 Å². The highest BCUT2D eigenvalue weighted by molar-refractivity contribution is 6.28. The average molecular weight is 270 g/mol. The maximum absolute atomic E-state index is 11.1. The molecule has 5 nitrogen and oxygen atoms in total. The number of furan rings is 1. The zero-order chi connectivity index (χ0) is 13.3. The van der Waals surface area contributed by atoms with Crippen LogP contribution in [0, 0.1) is 5.92 Å². The van der Waals surface area contributed by atoms with Crippen LogP contribution in [0.1, 0.15) is 30.1 Å². The molecule has 2 rings (SSSR count). The van der Waals surface area contributed by atoms with Gasteiger partial charge in [-0.25, -0.2) is 9.78 Å². The Bertz CT molecular complexity index is 570. The molecule has 0 aliphatic heterocycles. The second-order valence-corrected chi connectivity index (χ2v) is 4.67. The van der Waals surface area contributed by atoms with Crippen molar-refractivity contribution in [1.29, 1.82) is 0 Å². The van der Waals surface area contributed by atoms with E-state index in [1.165, 1.54) is 0 Å². The number of aromatic nitrogens is 1. The monoisotopic (exact) mass is 269 g/mol. The number of aromatic carboxylic acids is 1. The molecule has 0 spiro atoms. The van der Waals surface area contributed by atoms with Gasteiger partial charge in [0, 0.05) is 0 Å². The third-order valence-electron chi connectivity index (χ3n) is 2.28. The Morgan fingerprint density at radius 2 is 2.17 bits per heavy atom. The van der Waals surface area contributed by atoms with Crippen LogP contribution in [0.15, 0.2) is 21.0 Å². The molecule has 6 heteroatoms. The van der Waals surface area contributed by atoms with Crippen molar-refractivity contribution < 1.29 is 18.7 Å². The molecule has 18 heavy (non-hydrogen) atoms. The lowest BCUT2D eigenvalue weighted by atomic mass is 10.1. The Morgan fingerprint density at radius 1 is 1.44 bits per heavy atom. The van der Waals surface area contributed by atoms with Crippen LogP contribution in [0.4, 0.5) is 0 Å². The van der Waals surface area contributed by atoms with Gasteiger partial charge in [0.05, 0.1) is 5.69 Å². The van der Waals surface area contributed by atoms with Crippen LogP contribution in [-0.2, 0) is 6.42 Å². The Labute approximate surface area is 108 Å². The Hall–Kier alpha value is -1.75. The summed E-state index contributed by atoms with van der Waals surface area (Å²) >= 11 is 5.65. The zero-order valence-electron chi connectivity index (χ0n) is 9.94. The molecule has 2 aromatic rings. The number of nitrogens with zero attached hydrogens (tertiary/aromatic N) is 1. The van der Waals surface area contributed by atoms with Crippen molar-refractivity contribution in [2.75, 3.05) is 0 Å². The minimum Gasteiger partial charge on any atom is -0.475 e. The summed E-state index contributed by atoms with van der Waals surface area (Å²) in [6.45, 7) is 3.95. The van der Waals surface area contributed by atoms with E-state index in [9.17, 15) is 4.79 Å². The summed E-state index contributed by atoms with van der Waals surface area (Å²) in [5, 5.41) is 9.25. The van der Waals surface area contributed by atoms with Gasteiger partial charge in [0.15, 0.2) is 11.0 Å². The van der Waals surface area contributed by atoms with Crippen LogP contribution in [0.25, 0.3) is 11.7 Å². The van der Waals surface area contributed by atoms with Gasteiger partial charge in [0.25, 0.3) is 5.89 Å². The third-order valence-corrected chi connectivity index (χ3v) is 2.48. The molecular formula is C12H12ClNO4. The fourth-order valence-corrected chi connectivity index (χ4v) is 1.72. The first-order chi connectivity index (χ1) is 8.47. The van der Waals surface area contributed by atoms with Crippen LogP contribution in [0.5, 0.6) is 0 Å². The summed E-state index contributed by atoms with van der Waals surface area (Å²) in [5.41, 5.74) is 0.417. The molecule has 2 aromatic heterocycles. The highest BCUT2D eigenvalue weighted by atomic mass is 35.5. The summed E-state index contributed by atoms with van der Waals surface area (Å²) < 4.78 is 10.4. The smallest absolute Gasteiger partial charge is 0.373 e. The summed E-state index contributed by atoms with van der Waals surface area (Å²) in [7, 11) is 0. The first kappa shape index (κ1) is 12.7. The van der Waals surface area contributed by atoms with Gasteiger partial charge >= 0.3 is 5.97 Å². The van der Waals surface area contributed by atoms with E-state index >= 15 is 0 Å². The van der Waals surface area contributed by atoms with Crippen molar-refractivity contribution in [1.82, 2.24) is 4.98 Å². The average Bonchev–Trinajstić information content (AvgIpc) is 2.83. The maximum Gasteiger partial charge on any atom is 0.373 e. The lowest BCUT2D eigenvalue weighted by molar-refractivity contribution is 0.0661. The Balaban J connectivity index is 2.42. The predicted molar refractivity (Wildman–Crippen MR) is 64.7 cm³/mol. The van der Waals surface area contributed by atoms with Gasteiger partial charge in [-0.2, -0.15) is 0 Å². The van der Waals surface area contributed by atoms with E-state index in [1.54, 1.807) is 12.1 Å². The molecule has 0 fully saturated rings. The second kappa shape index (κ2) is 4.86. The fourth-order valence-electron chi connectivity index (χ4n) is 1.58. The number of oxazole rings is 1. The Morgan fingerprint density at radius 3 is 2.67 bits per heavy atom. The molecule has 0 saturated heterocycles. The van der Waals surface area contributed by atoms with Crippen LogP contribution in [0.2, 0.25) is 5.22 Å². The van der Waals surface area contributed by atoms with Gasteiger partial charge in [0.2, 0.25) is 5.76 Å². The molecule has 0 amide bonds. The number of rotatable bonds is 4. The maximum atomic E-state index is 11.1. The molecule has 0 aliphatic rings. The SMILES string of the molecule is CC(C)Cc1nc(-c2ccc(Cl)o2)oc1C(=O)O. The topological polar surface area (TPSA) is 76.5 Å². The molecule has 96 valence electrons. The molecule has 1 N–H and O–H groups in total. The predicted octanol–water partition coefficient (Wildman–Crippen LogP) is 3.48. The molecule has 0 bridgehead atoms. The lowest BCUT2D eigenvalue weighted by Gasteiger charge is -1.99. The molecule has 0 radical (unpaired) electrons. The normalized spacial score (nSPS) is 11.1. The van der Waals surface area contributed by atoms with E-state index in [0.29, 0.717) is 17.9 Å². The van der Waals surface area contributed by atoms with Gasteiger partial charge < -0.3 is 13.9 Å². The number of carbonyl (C=O) groups is 1. The van der Waals surface area contributed by atoms with Crippen molar-refractivity contribution in [2.24, 2.45) is 5.92 Å². The molecule has 0 unspecified atom stereocenters. The van der Waals surface area contributed by atoms with Crippen LogP contribution >= 0.6 is 11.6 Å². The summed E-state index contributed by atoms with van der Waals surface area (Å²) in [4.78, 5) is 15.2. The van der Waals surface area contributed by atoms with E-state index in [-0.39, 0.29) is 22.8 Å². The summed E-state index contributed by atoms with van der Waals surface area (Å²) in [5.74, 6) is -0.554. The first-order valence-corrected chi connectivity index (χ1v) is 5.84. The lowest BCUT2D eigenvalue weighted by Crippen LogP contribution is -2.03. The highest BCUT2D eigenvalue weighted by Crippen LogP contribution is 2.27. The molecule has 0 saturated carbocycles. The molecular weight excluding hydrogens is 258 g/mol. The second-order valence-electron chi connectivity index (χ2n) is 4.30. The van der Waals surface area contributed by atoms with Crippen LogP contribution < -0.4 is 0 Å². The van der Waals surface area contributed by atoms with E-state index in [4.69, 9.17) is 25.5 Å². The summed E-state index contributed by atoms with van der Waals surface area (Å²) in [6, 6.07) is 3.13. The number of carboxylic acid groups (broad SMARTS) is 1. The van der Waals surface area contributed by atoms with Crippen molar-refractivity contribution in [3.8, 4) is 11.7 Å².